The molecule has 0 aliphatic carbocycles. The van der Waals surface area contributed by atoms with Crippen LogP contribution in [0.15, 0.2) is 46.9 Å². The summed E-state index contributed by atoms with van der Waals surface area (Å²) in [6, 6.07) is 12.9. The molecular formula is C17H16N2O3. The van der Waals surface area contributed by atoms with Crippen LogP contribution in [0.4, 0.5) is 5.69 Å². The Labute approximate surface area is 127 Å². The zero-order valence-corrected chi connectivity index (χ0v) is 12.4. The molecule has 0 saturated heterocycles. The first-order valence-corrected chi connectivity index (χ1v) is 7.04. The predicted octanol–water partition coefficient (Wildman–Crippen LogP) is 3.85. The largest absolute Gasteiger partial charge is 0.497 e. The van der Waals surface area contributed by atoms with E-state index in [2.05, 4.69) is 10.3 Å². The number of anilines is 1. The summed E-state index contributed by atoms with van der Waals surface area (Å²) in [4.78, 5) is 15.9. The number of aromatic nitrogens is 1. The highest BCUT2D eigenvalue weighted by atomic mass is 16.5. The summed E-state index contributed by atoms with van der Waals surface area (Å²) in [5.74, 6) is 1.24. The van der Waals surface area contributed by atoms with E-state index in [1.807, 2.05) is 31.2 Å². The third-order valence-electron chi connectivity index (χ3n) is 3.31. The molecule has 0 radical (unpaired) electrons. The Balaban J connectivity index is 1.97. The topological polar surface area (TPSA) is 64.4 Å². The zero-order valence-electron chi connectivity index (χ0n) is 12.4. The van der Waals surface area contributed by atoms with Crippen molar-refractivity contribution in [2.24, 2.45) is 0 Å². The van der Waals surface area contributed by atoms with E-state index in [9.17, 15) is 4.79 Å². The minimum absolute atomic E-state index is 0.0316. The number of carbonyl (C=O) groups excluding carboxylic acids is 1. The molecule has 1 heterocycles. The van der Waals surface area contributed by atoms with Gasteiger partial charge in [0, 0.05) is 17.7 Å². The molecule has 5 nitrogen and oxygen atoms in total. The van der Waals surface area contributed by atoms with Crippen LogP contribution in [-0.4, -0.2) is 18.0 Å². The van der Waals surface area contributed by atoms with Crippen LogP contribution in [0.2, 0.25) is 0 Å². The van der Waals surface area contributed by atoms with Gasteiger partial charge in [0.1, 0.15) is 11.3 Å². The smallest absolute Gasteiger partial charge is 0.227 e. The molecule has 0 aliphatic rings. The highest BCUT2D eigenvalue weighted by Crippen LogP contribution is 2.28. The second kappa shape index (κ2) is 5.89. The standard InChI is InChI=1S/C17H16N2O3/c1-3-16(20)18-12-7-8-15-14(10-12)19-17(22-15)11-5-4-6-13(9-11)21-2/h4-10H,3H2,1-2H3,(H,18,20). The Hall–Kier alpha value is -2.82. The van der Waals surface area contributed by atoms with Crippen molar-refractivity contribution in [3.05, 3.63) is 42.5 Å². The van der Waals surface area contributed by atoms with Gasteiger partial charge in [-0.05, 0) is 36.4 Å². The van der Waals surface area contributed by atoms with Gasteiger partial charge in [0.05, 0.1) is 7.11 Å². The number of ether oxygens (including phenoxy) is 1. The maximum absolute atomic E-state index is 11.4. The van der Waals surface area contributed by atoms with E-state index in [1.165, 1.54) is 0 Å². The number of amides is 1. The van der Waals surface area contributed by atoms with Crippen LogP contribution in [-0.2, 0) is 4.79 Å². The summed E-state index contributed by atoms with van der Waals surface area (Å²) in [6.45, 7) is 1.81. The molecule has 1 N–H and O–H groups in total. The van der Waals surface area contributed by atoms with Gasteiger partial charge in [-0.15, -0.1) is 0 Å². The first-order chi connectivity index (χ1) is 10.7. The number of methoxy groups -OCH3 is 1. The average molecular weight is 296 g/mol. The number of nitrogens with zero attached hydrogens (tertiary/aromatic N) is 1. The molecule has 0 bridgehead atoms. The molecule has 3 aromatic rings. The average Bonchev–Trinajstić information content (AvgIpc) is 2.98. The van der Waals surface area contributed by atoms with Crippen LogP contribution >= 0.6 is 0 Å². The molecular weight excluding hydrogens is 280 g/mol. The van der Waals surface area contributed by atoms with E-state index in [4.69, 9.17) is 9.15 Å². The monoisotopic (exact) mass is 296 g/mol. The van der Waals surface area contributed by atoms with E-state index in [0.29, 0.717) is 29.1 Å². The number of benzene rings is 2. The van der Waals surface area contributed by atoms with Gasteiger partial charge in [-0.3, -0.25) is 4.79 Å². The molecule has 22 heavy (non-hydrogen) atoms. The van der Waals surface area contributed by atoms with E-state index < -0.39 is 0 Å². The Morgan fingerprint density at radius 1 is 1.27 bits per heavy atom. The Kier molecular flexibility index (Phi) is 3.78. The summed E-state index contributed by atoms with van der Waals surface area (Å²) >= 11 is 0. The van der Waals surface area contributed by atoms with E-state index >= 15 is 0 Å². The fraction of sp³-hybridized carbons (Fsp3) is 0.176. The lowest BCUT2D eigenvalue weighted by atomic mass is 10.2. The van der Waals surface area contributed by atoms with Crippen molar-refractivity contribution in [3.63, 3.8) is 0 Å². The molecule has 1 aromatic heterocycles. The van der Waals surface area contributed by atoms with Crippen molar-refractivity contribution in [2.75, 3.05) is 12.4 Å². The maximum atomic E-state index is 11.4. The Morgan fingerprint density at radius 2 is 2.14 bits per heavy atom. The van der Waals surface area contributed by atoms with Crippen molar-refractivity contribution in [3.8, 4) is 17.2 Å². The first-order valence-electron chi connectivity index (χ1n) is 7.04. The lowest BCUT2D eigenvalue weighted by Crippen LogP contribution is -2.08. The van der Waals surface area contributed by atoms with Gasteiger partial charge >= 0.3 is 0 Å². The SMILES string of the molecule is CCC(=O)Nc1ccc2oc(-c3cccc(OC)c3)nc2c1. The van der Waals surface area contributed by atoms with E-state index in [-0.39, 0.29) is 5.91 Å². The molecule has 3 rings (SSSR count). The molecule has 0 aliphatic heterocycles. The predicted molar refractivity (Wildman–Crippen MR) is 84.9 cm³/mol. The van der Waals surface area contributed by atoms with Crippen molar-refractivity contribution in [1.82, 2.24) is 4.98 Å². The van der Waals surface area contributed by atoms with Crippen LogP contribution in [0.25, 0.3) is 22.6 Å². The van der Waals surface area contributed by atoms with Gasteiger partial charge in [0.25, 0.3) is 0 Å². The molecule has 5 heteroatoms. The number of oxazole rings is 1. The fourth-order valence-electron chi connectivity index (χ4n) is 2.13. The van der Waals surface area contributed by atoms with Gasteiger partial charge in [-0.1, -0.05) is 13.0 Å². The fourth-order valence-corrected chi connectivity index (χ4v) is 2.13. The van der Waals surface area contributed by atoms with Crippen LogP contribution in [0, 0.1) is 0 Å². The summed E-state index contributed by atoms with van der Waals surface area (Å²) in [5.41, 5.74) is 2.93. The number of hydrogen-bond acceptors (Lipinski definition) is 4. The highest BCUT2D eigenvalue weighted by Gasteiger charge is 2.10. The van der Waals surface area contributed by atoms with Crippen molar-refractivity contribution in [2.45, 2.75) is 13.3 Å². The lowest BCUT2D eigenvalue weighted by Gasteiger charge is -2.01. The number of fused-ring (bicyclic) bond motifs is 1. The van der Waals surface area contributed by atoms with Crippen molar-refractivity contribution < 1.29 is 13.9 Å². The Morgan fingerprint density at radius 3 is 2.91 bits per heavy atom. The molecule has 0 saturated carbocycles. The lowest BCUT2D eigenvalue weighted by molar-refractivity contribution is -0.115. The number of rotatable bonds is 4. The zero-order chi connectivity index (χ0) is 15.5. The summed E-state index contributed by atoms with van der Waals surface area (Å²) in [7, 11) is 1.62. The van der Waals surface area contributed by atoms with Crippen LogP contribution < -0.4 is 10.1 Å². The third kappa shape index (κ3) is 2.79. The highest BCUT2D eigenvalue weighted by molar-refractivity contribution is 5.92. The van der Waals surface area contributed by atoms with Crippen molar-refractivity contribution in [1.29, 1.82) is 0 Å². The van der Waals surface area contributed by atoms with Crippen molar-refractivity contribution >= 4 is 22.7 Å². The minimum atomic E-state index is -0.0316. The number of nitrogens with one attached hydrogen (secondary N) is 1. The number of hydrogen-bond donors (Lipinski definition) is 1. The van der Waals surface area contributed by atoms with Gasteiger partial charge in [0.2, 0.25) is 11.8 Å². The molecule has 112 valence electrons. The molecule has 0 atom stereocenters. The summed E-state index contributed by atoms with van der Waals surface area (Å²) in [5, 5.41) is 2.81. The van der Waals surface area contributed by atoms with Gasteiger partial charge < -0.3 is 14.5 Å². The first kappa shape index (κ1) is 14.1. The van der Waals surface area contributed by atoms with Gasteiger partial charge in [-0.2, -0.15) is 0 Å². The summed E-state index contributed by atoms with van der Waals surface area (Å²) < 4.78 is 11.0. The second-order valence-corrected chi connectivity index (χ2v) is 4.84. The Bertz CT molecular complexity index is 824. The molecule has 0 spiro atoms. The van der Waals surface area contributed by atoms with Gasteiger partial charge in [0.15, 0.2) is 5.58 Å². The minimum Gasteiger partial charge on any atom is -0.497 e. The quantitative estimate of drug-likeness (QED) is 0.794. The third-order valence-corrected chi connectivity index (χ3v) is 3.31. The second-order valence-electron chi connectivity index (χ2n) is 4.84. The number of carbonyl (C=O) groups is 1. The van der Waals surface area contributed by atoms with E-state index in [0.717, 1.165) is 11.3 Å². The van der Waals surface area contributed by atoms with Gasteiger partial charge in [-0.25, -0.2) is 4.98 Å². The molecule has 0 unspecified atom stereocenters. The van der Waals surface area contributed by atoms with Crippen LogP contribution in [0.5, 0.6) is 5.75 Å². The van der Waals surface area contributed by atoms with Crippen LogP contribution in [0.1, 0.15) is 13.3 Å². The normalized spacial score (nSPS) is 10.6. The maximum Gasteiger partial charge on any atom is 0.227 e. The summed E-state index contributed by atoms with van der Waals surface area (Å²) in [6.07, 6.45) is 0.436. The van der Waals surface area contributed by atoms with Crippen LogP contribution in [0.3, 0.4) is 0 Å². The van der Waals surface area contributed by atoms with E-state index in [1.54, 1.807) is 25.3 Å². The molecule has 0 fully saturated rings. The molecule has 2 aromatic carbocycles. The molecule has 1 amide bonds.